The maximum absolute atomic E-state index is 12.8. The summed E-state index contributed by atoms with van der Waals surface area (Å²) < 4.78 is 2.26. The maximum atomic E-state index is 12.8. The molecule has 1 aliphatic carbocycles. The first kappa shape index (κ1) is 15.8. The Labute approximate surface area is 146 Å². The Morgan fingerprint density at radius 1 is 1.33 bits per heavy atom. The topological polar surface area (TPSA) is 51.0 Å². The Morgan fingerprint density at radius 3 is 2.92 bits per heavy atom. The van der Waals surface area contributed by atoms with Crippen LogP contribution in [0.3, 0.4) is 0 Å². The van der Waals surface area contributed by atoms with Gasteiger partial charge in [0.05, 0.1) is 11.0 Å². The molecule has 24 heavy (non-hydrogen) atoms. The van der Waals surface area contributed by atoms with Crippen molar-refractivity contribution in [3.8, 4) is 0 Å². The lowest BCUT2D eigenvalue weighted by molar-refractivity contribution is 0.0672. The molecule has 1 unspecified atom stereocenters. The second-order valence-corrected chi connectivity index (χ2v) is 8.13. The predicted octanol–water partition coefficient (Wildman–Crippen LogP) is 3.82. The van der Waals surface area contributed by atoms with Crippen LogP contribution in [0.4, 0.5) is 0 Å². The second-order valence-electron chi connectivity index (χ2n) is 7.24. The van der Waals surface area contributed by atoms with Crippen LogP contribution in [0.25, 0.3) is 0 Å². The van der Waals surface area contributed by atoms with E-state index < -0.39 is 0 Å². The third-order valence-corrected chi connectivity index (χ3v) is 5.97. The van der Waals surface area contributed by atoms with Crippen molar-refractivity contribution in [3.63, 3.8) is 0 Å². The van der Waals surface area contributed by atoms with Crippen LogP contribution in [-0.4, -0.2) is 38.4 Å². The molecule has 2 aliphatic rings. The fourth-order valence-electron chi connectivity index (χ4n) is 3.51. The lowest BCUT2D eigenvalue weighted by atomic mass is 10.0. The summed E-state index contributed by atoms with van der Waals surface area (Å²) in [5.41, 5.74) is 0.636. The lowest BCUT2D eigenvalue weighted by Gasteiger charge is -2.34. The van der Waals surface area contributed by atoms with Gasteiger partial charge < -0.3 is 9.47 Å². The summed E-state index contributed by atoms with van der Waals surface area (Å²) in [5.74, 6) is 2.21. The number of rotatable bonds is 4. The quantitative estimate of drug-likeness (QED) is 0.847. The van der Waals surface area contributed by atoms with Gasteiger partial charge in [0.1, 0.15) is 11.5 Å². The van der Waals surface area contributed by atoms with Crippen LogP contribution in [0.15, 0.2) is 17.8 Å². The van der Waals surface area contributed by atoms with Gasteiger partial charge in [-0.25, -0.2) is 9.97 Å². The van der Waals surface area contributed by atoms with Gasteiger partial charge in [-0.05, 0) is 25.7 Å². The summed E-state index contributed by atoms with van der Waals surface area (Å²) in [6, 6.07) is 0.323. The van der Waals surface area contributed by atoms with Crippen molar-refractivity contribution in [2.75, 3.05) is 13.1 Å². The van der Waals surface area contributed by atoms with Gasteiger partial charge >= 0.3 is 0 Å². The van der Waals surface area contributed by atoms with Gasteiger partial charge in [0.2, 0.25) is 0 Å². The molecule has 6 heteroatoms. The molecule has 1 aliphatic heterocycles. The molecule has 1 atom stereocenters. The molecular formula is C18H24N4OS. The molecule has 2 aromatic heterocycles. The highest BCUT2D eigenvalue weighted by atomic mass is 32.1. The van der Waals surface area contributed by atoms with E-state index in [-0.39, 0.29) is 5.91 Å². The summed E-state index contributed by atoms with van der Waals surface area (Å²) in [6.07, 6.45) is 8.52. The molecule has 0 bridgehead atoms. The molecule has 0 aromatic carbocycles. The van der Waals surface area contributed by atoms with Crippen molar-refractivity contribution in [3.05, 3.63) is 34.3 Å². The fourth-order valence-corrected chi connectivity index (χ4v) is 4.48. The molecule has 1 amide bonds. The van der Waals surface area contributed by atoms with Crippen LogP contribution in [0, 0.1) is 0 Å². The van der Waals surface area contributed by atoms with Crippen LogP contribution in [0.2, 0.25) is 0 Å². The van der Waals surface area contributed by atoms with Gasteiger partial charge in [0, 0.05) is 42.7 Å². The predicted molar refractivity (Wildman–Crippen MR) is 94.6 cm³/mol. The zero-order chi connectivity index (χ0) is 16.7. The number of likely N-dealkylation sites (tertiary alicyclic amines) is 1. The highest BCUT2D eigenvalue weighted by Gasteiger charge is 2.31. The third kappa shape index (κ3) is 2.99. The number of imidazole rings is 1. The van der Waals surface area contributed by atoms with E-state index in [1.807, 2.05) is 16.5 Å². The van der Waals surface area contributed by atoms with Gasteiger partial charge in [0.25, 0.3) is 5.91 Å². The normalized spacial score (nSPS) is 21.5. The third-order valence-electron chi connectivity index (χ3n) is 4.96. The molecule has 0 spiro atoms. The van der Waals surface area contributed by atoms with Crippen molar-refractivity contribution in [1.82, 2.24) is 19.4 Å². The molecule has 2 fully saturated rings. The zero-order valence-electron chi connectivity index (χ0n) is 14.3. The maximum Gasteiger partial charge on any atom is 0.273 e. The Morgan fingerprint density at radius 2 is 2.17 bits per heavy atom. The van der Waals surface area contributed by atoms with E-state index >= 15 is 0 Å². The van der Waals surface area contributed by atoms with E-state index in [9.17, 15) is 4.79 Å². The number of nitrogens with zero attached hydrogens (tertiary/aromatic N) is 4. The number of thiazole rings is 1. The Hall–Kier alpha value is -1.69. The summed E-state index contributed by atoms with van der Waals surface area (Å²) in [5, 5.41) is 3.08. The molecule has 2 aromatic rings. The number of hydrogen-bond acceptors (Lipinski definition) is 4. The van der Waals surface area contributed by atoms with Crippen LogP contribution in [0.1, 0.15) is 78.7 Å². The minimum atomic E-state index is 0.0917. The van der Waals surface area contributed by atoms with Crippen LogP contribution in [-0.2, 0) is 0 Å². The van der Waals surface area contributed by atoms with E-state index in [4.69, 9.17) is 0 Å². The molecular weight excluding hydrogens is 320 g/mol. The molecule has 3 heterocycles. The first-order valence-electron chi connectivity index (χ1n) is 8.91. The van der Waals surface area contributed by atoms with Gasteiger partial charge in [-0.15, -0.1) is 11.3 Å². The summed E-state index contributed by atoms with van der Waals surface area (Å²) in [6.45, 7) is 5.92. The van der Waals surface area contributed by atoms with Crippen molar-refractivity contribution in [2.24, 2.45) is 0 Å². The fraction of sp³-hybridized carbons (Fsp3) is 0.611. The van der Waals surface area contributed by atoms with Crippen LogP contribution < -0.4 is 0 Å². The number of carbonyl (C=O) groups excluding carboxylic acids is 1. The van der Waals surface area contributed by atoms with E-state index in [2.05, 4.69) is 34.6 Å². The largest absolute Gasteiger partial charge is 0.335 e. The highest BCUT2D eigenvalue weighted by molar-refractivity contribution is 7.10. The molecule has 4 rings (SSSR count). The van der Waals surface area contributed by atoms with Crippen molar-refractivity contribution in [1.29, 1.82) is 0 Å². The Bertz CT molecular complexity index is 731. The smallest absolute Gasteiger partial charge is 0.273 e. The monoisotopic (exact) mass is 344 g/mol. The van der Waals surface area contributed by atoms with Gasteiger partial charge in [0.15, 0.2) is 0 Å². The minimum absolute atomic E-state index is 0.0917. The van der Waals surface area contributed by atoms with Gasteiger partial charge in [-0.2, -0.15) is 0 Å². The lowest BCUT2D eigenvalue weighted by Crippen LogP contribution is -2.41. The Balaban J connectivity index is 1.49. The van der Waals surface area contributed by atoms with E-state index in [0.717, 1.165) is 36.8 Å². The van der Waals surface area contributed by atoms with Gasteiger partial charge in [-0.3, -0.25) is 4.79 Å². The molecule has 5 nitrogen and oxygen atoms in total. The van der Waals surface area contributed by atoms with Crippen molar-refractivity contribution < 1.29 is 4.79 Å². The molecule has 0 N–H and O–H groups in total. The SMILES string of the molecule is CC(C)c1nccn1C1CCCN(C(=O)c2csc(C3CC3)n2)C1. The molecule has 1 saturated heterocycles. The minimum Gasteiger partial charge on any atom is -0.335 e. The van der Waals surface area contributed by atoms with Crippen LogP contribution >= 0.6 is 11.3 Å². The average Bonchev–Trinajstić information content (AvgIpc) is 3.13. The van der Waals surface area contributed by atoms with Crippen LogP contribution in [0.5, 0.6) is 0 Å². The van der Waals surface area contributed by atoms with Crippen molar-refractivity contribution in [2.45, 2.75) is 57.4 Å². The number of amides is 1. The average molecular weight is 344 g/mol. The number of carbonyl (C=O) groups is 1. The highest BCUT2D eigenvalue weighted by Crippen LogP contribution is 2.41. The number of hydrogen-bond donors (Lipinski definition) is 0. The number of piperidine rings is 1. The summed E-state index contributed by atoms with van der Waals surface area (Å²) in [4.78, 5) is 23.9. The van der Waals surface area contributed by atoms with E-state index in [1.165, 1.54) is 12.8 Å². The van der Waals surface area contributed by atoms with E-state index in [1.54, 1.807) is 11.3 Å². The number of aromatic nitrogens is 3. The molecule has 128 valence electrons. The zero-order valence-corrected chi connectivity index (χ0v) is 15.1. The molecule has 1 saturated carbocycles. The Kier molecular flexibility index (Phi) is 4.16. The van der Waals surface area contributed by atoms with Gasteiger partial charge in [-0.1, -0.05) is 13.8 Å². The molecule has 0 radical (unpaired) electrons. The van der Waals surface area contributed by atoms with Crippen molar-refractivity contribution >= 4 is 17.2 Å². The summed E-state index contributed by atoms with van der Waals surface area (Å²) >= 11 is 1.64. The first-order valence-corrected chi connectivity index (χ1v) is 9.79. The second kappa shape index (κ2) is 6.31. The standard InChI is InChI=1S/C18H24N4OS/c1-12(2)16-19-7-9-22(16)14-4-3-8-21(10-14)18(23)15-11-24-17(20-15)13-5-6-13/h7,9,11-14H,3-6,8,10H2,1-2H3. The first-order chi connectivity index (χ1) is 11.6. The van der Waals surface area contributed by atoms with E-state index in [0.29, 0.717) is 23.6 Å². The summed E-state index contributed by atoms with van der Waals surface area (Å²) in [7, 11) is 0.